The Hall–Kier alpha value is -2.07. The number of thiophene rings is 1. The van der Waals surface area contributed by atoms with Gasteiger partial charge in [-0.3, -0.25) is 4.79 Å². The second-order valence-electron chi connectivity index (χ2n) is 8.72. The molecule has 0 N–H and O–H groups in total. The third-order valence-electron chi connectivity index (χ3n) is 6.47. The molecule has 3 heterocycles. The molecule has 1 aromatic heterocycles. The minimum atomic E-state index is -4.93. The maximum atomic E-state index is 13.6. The Morgan fingerprint density at radius 2 is 1.67 bits per heavy atom. The number of hydrogen-bond acceptors (Lipinski definition) is 3. The molecule has 2 fully saturated rings. The van der Waals surface area contributed by atoms with E-state index in [2.05, 4.69) is 4.90 Å². The Kier molecular flexibility index (Phi) is 6.52. The largest absolute Gasteiger partial charge is 0.417 e. The smallest absolute Gasteiger partial charge is 0.338 e. The Balaban J connectivity index is 1.58. The molecule has 180 valence electrons. The zero-order valence-electron chi connectivity index (χ0n) is 18.0. The number of piperidine rings is 1. The fourth-order valence-corrected chi connectivity index (χ4v) is 5.93. The molecule has 33 heavy (non-hydrogen) atoms. The predicted octanol–water partition coefficient (Wildman–Crippen LogP) is 6.46. The van der Waals surface area contributed by atoms with Crippen molar-refractivity contribution in [1.82, 2.24) is 9.80 Å². The lowest BCUT2D eigenvalue weighted by molar-refractivity contribution is -0.142. The molecule has 0 aliphatic carbocycles. The molecular formula is C23H24F6N2OS. The van der Waals surface area contributed by atoms with Crippen LogP contribution in [0.15, 0.2) is 30.3 Å². The van der Waals surface area contributed by atoms with Crippen LogP contribution in [-0.2, 0) is 17.1 Å². The van der Waals surface area contributed by atoms with Crippen molar-refractivity contribution in [2.45, 2.75) is 44.1 Å². The Morgan fingerprint density at radius 3 is 2.30 bits per heavy atom. The number of hydrogen-bond donors (Lipinski definition) is 0. The van der Waals surface area contributed by atoms with Crippen molar-refractivity contribution in [3.8, 4) is 10.4 Å². The average Bonchev–Trinajstić information content (AvgIpc) is 3.34. The van der Waals surface area contributed by atoms with E-state index in [0.717, 1.165) is 48.2 Å². The molecule has 0 spiro atoms. The number of amides is 1. The van der Waals surface area contributed by atoms with E-state index in [9.17, 15) is 31.1 Å². The fraction of sp³-hybridized carbons (Fsp3) is 0.522. The minimum Gasteiger partial charge on any atom is -0.338 e. The van der Waals surface area contributed by atoms with E-state index in [1.54, 1.807) is 18.0 Å². The van der Waals surface area contributed by atoms with Crippen molar-refractivity contribution in [3.63, 3.8) is 0 Å². The van der Waals surface area contributed by atoms with Crippen molar-refractivity contribution in [1.29, 1.82) is 0 Å². The quantitative estimate of drug-likeness (QED) is 0.460. The molecule has 2 atom stereocenters. The van der Waals surface area contributed by atoms with Crippen LogP contribution >= 0.6 is 11.3 Å². The van der Waals surface area contributed by atoms with Crippen molar-refractivity contribution >= 4 is 17.2 Å². The van der Waals surface area contributed by atoms with Gasteiger partial charge in [-0.25, -0.2) is 0 Å². The van der Waals surface area contributed by atoms with Crippen LogP contribution in [0.1, 0.15) is 47.7 Å². The Morgan fingerprint density at radius 1 is 0.970 bits per heavy atom. The predicted molar refractivity (Wildman–Crippen MR) is 114 cm³/mol. The van der Waals surface area contributed by atoms with E-state index < -0.39 is 23.5 Å². The molecule has 2 aliphatic heterocycles. The maximum absolute atomic E-state index is 13.6. The van der Waals surface area contributed by atoms with Crippen molar-refractivity contribution in [2.75, 3.05) is 26.7 Å². The van der Waals surface area contributed by atoms with Crippen LogP contribution in [0.5, 0.6) is 0 Å². The summed E-state index contributed by atoms with van der Waals surface area (Å²) in [5, 5.41) is 0. The van der Waals surface area contributed by atoms with Gasteiger partial charge in [0.1, 0.15) is 0 Å². The first-order chi connectivity index (χ1) is 15.4. The molecule has 10 heteroatoms. The molecule has 0 bridgehead atoms. The van der Waals surface area contributed by atoms with Crippen LogP contribution in [0.2, 0.25) is 0 Å². The topological polar surface area (TPSA) is 23.6 Å². The van der Waals surface area contributed by atoms with Gasteiger partial charge in [0.15, 0.2) is 0 Å². The van der Waals surface area contributed by atoms with E-state index in [0.29, 0.717) is 19.0 Å². The van der Waals surface area contributed by atoms with Gasteiger partial charge in [-0.05, 0) is 56.6 Å². The van der Waals surface area contributed by atoms with Gasteiger partial charge in [0.25, 0.3) is 0 Å². The molecule has 0 saturated carbocycles. The van der Waals surface area contributed by atoms with Crippen LogP contribution in [0.25, 0.3) is 10.4 Å². The van der Waals surface area contributed by atoms with Gasteiger partial charge in [0.2, 0.25) is 5.91 Å². The summed E-state index contributed by atoms with van der Waals surface area (Å²) in [7, 11) is 1.70. The van der Waals surface area contributed by atoms with E-state index in [-0.39, 0.29) is 34.4 Å². The lowest BCUT2D eigenvalue weighted by atomic mass is 10.0. The van der Waals surface area contributed by atoms with Crippen LogP contribution < -0.4 is 0 Å². The maximum Gasteiger partial charge on any atom is 0.417 e. The van der Waals surface area contributed by atoms with E-state index in [1.165, 1.54) is 12.5 Å². The van der Waals surface area contributed by atoms with Crippen LogP contribution in [0.3, 0.4) is 0 Å². The lowest BCUT2D eigenvalue weighted by Crippen LogP contribution is -2.36. The molecule has 1 amide bonds. The summed E-state index contributed by atoms with van der Waals surface area (Å²) in [6.07, 6.45) is -5.80. The average molecular weight is 491 g/mol. The summed E-state index contributed by atoms with van der Waals surface area (Å²) >= 11 is 1.09. The first-order valence-corrected chi connectivity index (χ1v) is 11.6. The molecule has 2 saturated heterocycles. The number of rotatable bonds is 4. The summed E-state index contributed by atoms with van der Waals surface area (Å²) in [5.41, 5.74) is -2.94. The summed E-state index contributed by atoms with van der Waals surface area (Å²) < 4.78 is 79.7. The normalized spacial score (nSPS) is 22.9. The number of alkyl halides is 6. The summed E-state index contributed by atoms with van der Waals surface area (Å²) in [6.45, 7) is 2.61. The molecule has 4 rings (SSSR count). The first kappa shape index (κ1) is 24.1. The molecule has 1 aromatic carbocycles. The standard InChI is InChI=1S/C23H24F6N2OS/c1-30-18(11-14(21(30)32)13-31-9-3-2-4-10-31)20-8-7-19(33-20)16-6-5-15(22(24,25)26)12-17(16)23(27,28)29/h5-8,12,14,18H,2-4,9-11,13H2,1H3. The number of carbonyl (C=O) groups excluding carboxylic acids is 1. The number of carbonyl (C=O) groups is 1. The van der Waals surface area contributed by atoms with Gasteiger partial charge in [-0.2, -0.15) is 26.3 Å². The van der Waals surface area contributed by atoms with Gasteiger partial charge in [0.05, 0.1) is 23.1 Å². The van der Waals surface area contributed by atoms with Crippen molar-refractivity contribution in [3.05, 3.63) is 46.3 Å². The van der Waals surface area contributed by atoms with Crippen molar-refractivity contribution < 1.29 is 31.1 Å². The van der Waals surface area contributed by atoms with Crippen LogP contribution in [0, 0.1) is 5.92 Å². The lowest BCUT2D eigenvalue weighted by Gasteiger charge is -2.28. The number of nitrogens with zero attached hydrogens (tertiary/aromatic N) is 2. The highest BCUT2D eigenvalue weighted by atomic mass is 32.1. The monoisotopic (exact) mass is 490 g/mol. The SMILES string of the molecule is CN1C(=O)C(CN2CCCCC2)CC1c1ccc(-c2ccc(C(F)(F)F)cc2C(F)(F)F)s1. The van der Waals surface area contributed by atoms with E-state index >= 15 is 0 Å². The summed E-state index contributed by atoms with van der Waals surface area (Å²) in [4.78, 5) is 17.7. The summed E-state index contributed by atoms with van der Waals surface area (Å²) in [6, 6.07) is 4.63. The van der Waals surface area contributed by atoms with Crippen molar-refractivity contribution in [2.24, 2.45) is 5.92 Å². The highest BCUT2D eigenvalue weighted by molar-refractivity contribution is 7.15. The molecule has 2 aliphatic rings. The number of halogens is 6. The van der Waals surface area contributed by atoms with Crippen LogP contribution in [-0.4, -0.2) is 42.4 Å². The highest BCUT2D eigenvalue weighted by Gasteiger charge is 2.41. The Labute approximate surface area is 192 Å². The minimum absolute atomic E-state index is 0.0195. The van der Waals surface area contributed by atoms with E-state index in [4.69, 9.17) is 0 Å². The molecular weight excluding hydrogens is 466 g/mol. The zero-order chi connectivity index (χ0) is 24.0. The van der Waals surface area contributed by atoms with Gasteiger partial charge < -0.3 is 9.80 Å². The number of likely N-dealkylation sites (tertiary alicyclic amines) is 2. The number of benzene rings is 1. The van der Waals surface area contributed by atoms with E-state index in [1.807, 2.05) is 0 Å². The van der Waals surface area contributed by atoms with Gasteiger partial charge in [0, 0.05) is 28.9 Å². The zero-order valence-corrected chi connectivity index (χ0v) is 18.8. The fourth-order valence-electron chi connectivity index (χ4n) is 4.73. The molecule has 2 aromatic rings. The summed E-state index contributed by atoms with van der Waals surface area (Å²) in [5.74, 6) is -0.147. The molecule has 3 nitrogen and oxygen atoms in total. The first-order valence-electron chi connectivity index (χ1n) is 10.8. The van der Waals surface area contributed by atoms with Gasteiger partial charge >= 0.3 is 12.4 Å². The van der Waals surface area contributed by atoms with Gasteiger partial charge in [-0.1, -0.05) is 12.5 Å². The van der Waals surface area contributed by atoms with Crippen LogP contribution in [0.4, 0.5) is 26.3 Å². The Bertz CT molecular complexity index is 1010. The third kappa shape index (κ3) is 5.06. The van der Waals surface area contributed by atoms with Gasteiger partial charge in [-0.15, -0.1) is 11.3 Å². The second kappa shape index (κ2) is 8.94. The molecule has 0 radical (unpaired) electrons. The highest BCUT2D eigenvalue weighted by Crippen LogP contribution is 2.45. The molecule has 2 unspecified atom stereocenters. The second-order valence-corrected chi connectivity index (χ2v) is 9.83. The third-order valence-corrected chi connectivity index (χ3v) is 7.69.